The molecule has 1 saturated heterocycles. The summed E-state index contributed by atoms with van der Waals surface area (Å²) in [5, 5.41) is 0. The van der Waals surface area contributed by atoms with Crippen molar-refractivity contribution in [3.8, 4) is 0 Å². The predicted molar refractivity (Wildman–Crippen MR) is 94.7 cm³/mol. The van der Waals surface area contributed by atoms with Crippen molar-refractivity contribution < 1.29 is 27.5 Å². The van der Waals surface area contributed by atoms with E-state index in [9.17, 15) is 22.8 Å². The van der Waals surface area contributed by atoms with Crippen LogP contribution in [0.1, 0.15) is 26.3 Å². The van der Waals surface area contributed by atoms with Crippen LogP contribution in [0.5, 0.6) is 0 Å². The number of anilines is 1. The highest BCUT2D eigenvalue weighted by atomic mass is 19.4. The average molecular weight is 403 g/mol. The Morgan fingerprint density at radius 2 is 1.64 bits per heavy atom. The number of piperazine rings is 1. The van der Waals surface area contributed by atoms with Gasteiger partial charge in [0.05, 0.1) is 5.56 Å². The third-order valence-corrected chi connectivity index (χ3v) is 3.96. The molecule has 0 radical (unpaired) electrons. The fraction of sp³-hybridized carbons (Fsp3) is 0.647. The number of aromatic nitrogens is 2. The Morgan fingerprint density at radius 3 is 2.11 bits per heavy atom. The Kier molecular flexibility index (Phi) is 6.35. The van der Waals surface area contributed by atoms with Gasteiger partial charge in [-0.1, -0.05) is 0 Å². The molecule has 0 aliphatic carbocycles. The number of ether oxygens (including phenoxy) is 1. The molecule has 2 heterocycles. The Labute approximate surface area is 161 Å². The first-order valence-electron chi connectivity index (χ1n) is 8.73. The number of carbonyl (C=O) groups excluding carboxylic acids is 2. The first-order valence-corrected chi connectivity index (χ1v) is 8.73. The van der Waals surface area contributed by atoms with E-state index in [0.29, 0.717) is 26.2 Å². The van der Waals surface area contributed by atoms with E-state index in [0.717, 1.165) is 12.4 Å². The molecule has 0 unspecified atom stereocenters. The van der Waals surface area contributed by atoms with Gasteiger partial charge < -0.3 is 19.4 Å². The molecular weight excluding hydrogens is 379 g/mol. The molecule has 156 valence electrons. The summed E-state index contributed by atoms with van der Waals surface area (Å²) < 4.78 is 42.9. The summed E-state index contributed by atoms with van der Waals surface area (Å²) in [6.07, 6.45) is -3.58. The SMILES string of the molecule is CN(CC(=O)N1CCN(c2ncc(C(F)(F)F)cn2)CC1)C(=O)OC(C)(C)C. The summed E-state index contributed by atoms with van der Waals surface area (Å²) in [6.45, 7) is 6.57. The molecule has 1 aromatic rings. The molecule has 1 fully saturated rings. The second kappa shape index (κ2) is 8.19. The van der Waals surface area contributed by atoms with Crippen molar-refractivity contribution in [3.05, 3.63) is 18.0 Å². The number of likely N-dealkylation sites (N-methyl/N-ethyl adjacent to an activating group) is 1. The third-order valence-electron chi connectivity index (χ3n) is 3.96. The first kappa shape index (κ1) is 21.7. The van der Waals surface area contributed by atoms with Crippen molar-refractivity contribution in [2.45, 2.75) is 32.5 Å². The molecule has 11 heteroatoms. The lowest BCUT2D eigenvalue weighted by atomic mass is 10.2. The minimum absolute atomic E-state index is 0.119. The van der Waals surface area contributed by atoms with E-state index in [2.05, 4.69) is 9.97 Å². The van der Waals surface area contributed by atoms with Gasteiger partial charge in [-0.25, -0.2) is 14.8 Å². The number of rotatable bonds is 3. The van der Waals surface area contributed by atoms with Gasteiger partial charge in [-0.2, -0.15) is 13.2 Å². The van der Waals surface area contributed by atoms with Crippen LogP contribution < -0.4 is 4.90 Å². The summed E-state index contributed by atoms with van der Waals surface area (Å²) in [6, 6.07) is 0. The molecule has 2 amide bonds. The molecule has 0 spiro atoms. The number of hydrogen-bond donors (Lipinski definition) is 0. The van der Waals surface area contributed by atoms with Crippen LogP contribution >= 0.6 is 0 Å². The van der Waals surface area contributed by atoms with Gasteiger partial charge in [0.2, 0.25) is 11.9 Å². The van der Waals surface area contributed by atoms with Gasteiger partial charge in [-0.15, -0.1) is 0 Å². The summed E-state index contributed by atoms with van der Waals surface area (Å²) in [5.74, 6) is -0.0488. The molecule has 0 aromatic carbocycles. The fourth-order valence-electron chi connectivity index (χ4n) is 2.49. The van der Waals surface area contributed by atoms with Crippen molar-refractivity contribution in [2.75, 3.05) is 44.7 Å². The van der Waals surface area contributed by atoms with Crippen LogP contribution in [0, 0.1) is 0 Å². The van der Waals surface area contributed by atoms with Gasteiger partial charge in [0.1, 0.15) is 12.1 Å². The molecule has 8 nitrogen and oxygen atoms in total. The minimum atomic E-state index is -4.48. The smallest absolute Gasteiger partial charge is 0.419 e. The average Bonchev–Trinajstić information content (AvgIpc) is 2.59. The molecule has 0 atom stereocenters. The number of halogens is 3. The molecule has 0 N–H and O–H groups in total. The fourth-order valence-corrected chi connectivity index (χ4v) is 2.49. The second-order valence-electron chi connectivity index (χ2n) is 7.47. The highest BCUT2D eigenvalue weighted by Crippen LogP contribution is 2.28. The maximum Gasteiger partial charge on any atom is 0.419 e. The normalized spacial score (nSPS) is 15.4. The van der Waals surface area contributed by atoms with E-state index in [4.69, 9.17) is 4.74 Å². The predicted octanol–water partition coefficient (Wildman–Crippen LogP) is 2.01. The molecule has 1 aliphatic heterocycles. The summed E-state index contributed by atoms with van der Waals surface area (Å²) in [7, 11) is 1.48. The van der Waals surface area contributed by atoms with Crippen molar-refractivity contribution >= 4 is 17.9 Å². The van der Waals surface area contributed by atoms with E-state index in [1.165, 1.54) is 11.9 Å². The van der Waals surface area contributed by atoms with Gasteiger partial charge in [0, 0.05) is 45.6 Å². The number of nitrogens with zero attached hydrogens (tertiary/aromatic N) is 5. The molecule has 28 heavy (non-hydrogen) atoms. The highest BCUT2D eigenvalue weighted by Gasteiger charge is 2.32. The molecule has 1 aliphatic rings. The Hall–Kier alpha value is -2.59. The quantitative estimate of drug-likeness (QED) is 0.768. The van der Waals surface area contributed by atoms with E-state index >= 15 is 0 Å². The van der Waals surface area contributed by atoms with Crippen LogP contribution in [0.2, 0.25) is 0 Å². The maximum absolute atomic E-state index is 12.6. The lowest BCUT2D eigenvalue weighted by molar-refractivity contribution is -0.138. The van der Waals surface area contributed by atoms with E-state index in [-0.39, 0.29) is 18.4 Å². The van der Waals surface area contributed by atoms with Gasteiger partial charge in [-0.05, 0) is 20.8 Å². The Morgan fingerprint density at radius 1 is 1.11 bits per heavy atom. The van der Waals surface area contributed by atoms with Gasteiger partial charge in [-0.3, -0.25) is 4.79 Å². The molecule has 0 saturated carbocycles. The zero-order valence-electron chi connectivity index (χ0n) is 16.3. The van der Waals surface area contributed by atoms with Crippen molar-refractivity contribution in [1.82, 2.24) is 19.8 Å². The number of hydrogen-bond acceptors (Lipinski definition) is 6. The number of amides is 2. The summed E-state index contributed by atoms with van der Waals surface area (Å²) in [4.78, 5) is 36.4. The van der Waals surface area contributed by atoms with E-state index in [1.54, 1.807) is 30.6 Å². The van der Waals surface area contributed by atoms with Gasteiger partial charge in [0.15, 0.2) is 0 Å². The Balaban J connectivity index is 1.86. The molecule has 2 rings (SSSR count). The van der Waals surface area contributed by atoms with E-state index < -0.39 is 23.4 Å². The van der Waals surface area contributed by atoms with Crippen LogP contribution in [-0.4, -0.2) is 77.1 Å². The molecule has 0 bridgehead atoms. The van der Waals surface area contributed by atoms with Crippen molar-refractivity contribution in [2.24, 2.45) is 0 Å². The second-order valence-corrected chi connectivity index (χ2v) is 7.47. The van der Waals surface area contributed by atoms with Crippen molar-refractivity contribution in [3.63, 3.8) is 0 Å². The standard InChI is InChI=1S/C17H24F3N5O3/c1-16(2,3)28-15(27)23(4)11-13(26)24-5-7-25(8-6-24)14-21-9-12(10-22-14)17(18,19)20/h9-10H,5-8,11H2,1-4H3. The minimum Gasteiger partial charge on any atom is -0.444 e. The zero-order valence-corrected chi connectivity index (χ0v) is 16.3. The topological polar surface area (TPSA) is 78.9 Å². The lowest BCUT2D eigenvalue weighted by Crippen LogP contribution is -2.52. The number of alkyl halides is 3. The summed E-state index contributed by atoms with van der Waals surface area (Å²) in [5.41, 5.74) is -1.56. The third kappa shape index (κ3) is 5.96. The van der Waals surface area contributed by atoms with Gasteiger partial charge >= 0.3 is 12.3 Å². The zero-order chi connectivity index (χ0) is 21.1. The van der Waals surface area contributed by atoms with Crippen LogP contribution in [0.15, 0.2) is 12.4 Å². The monoisotopic (exact) mass is 403 g/mol. The van der Waals surface area contributed by atoms with E-state index in [1.807, 2.05) is 0 Å². The van der Waals surface area contributed by atoms with Crippen molar-refractivity contribution in [1.29, 1.82) is 0 Å². The van der Waals surface area contributed by atoms with Gasteiger partial charge in [0.25, 0.3) is 0 Å². The van der Waals surface area contributed by atoms with Crippen LogP contribution in [-0.2, 0) is 15.7 Å². The maximum atomic E-state index is 12.6. The number of carbonyl (C=O) groups is 2. The first-order chi connectivity index (χ1) is 12.9. The highest BCUT2D eigenvalue weighted by molar-refractivity contribution is 5.82. The van der Waals surface area contributed by atoms with Crippen LogP contribution in [0.3, 0.4) is 0 Å². The molecule has 1 aromatic heterocycles. The Bertz CT molecular complexity index is 695. The van der Waals surface area contributed by atoms with Crippen LogP contribution in [0.25, 0.3) is 0 Å². The summed E-state index contributed by atoms with van der Waals surface area (Å²) >= 11 is 0. The van der Waals surface area contributed by atoms with Crippen LogP contribution in [0.4, 0.5) is 23.9 Å². The molecular formula is C17H24F3N5O3. The largest absolute Gasteiger partial charge is 0.444 e. The lowest BCUT2D eigenvalue weighted by Gasteiger charge is -2.35.